The maximum Gasteiger partial charge on any atom is 0.134 e. The lowest BCUT2D eigenvalue weighted by Gasteiger charge is -2.15. The molecule has 0 aliphatic rings. The van der Waals surface area contributed by atoms with Crippen LogP contribution < -0.4 is 5.73 Å². The van der Waals surface area contributed by atoms with Crippen LogP contribution in [0.5, 0.6) is 5.75 Å². The molecule has 1 aromatic carbocycles. The number of hydrogen-bond acceptors (Lipinski definition) is 3. The van der Waals surface area contributed by atoms with E-state index in [2.05, 4.69) is 29.8 Å². The Kier molecular flexibility index (Phi) is 4.13. The lowest BCUT2D eigenvalue weighted by molar-refractivity contribution is 0.265. The average Bonchev–Trinajstić information content (AvgIpc) is 2.20. The summed E-state index contributed by atoms with van der Waals surface area (Å²) in [5.41, 5.74) is 7.36. The molecule has 0 fully saturated rings. The summed E-state index contributed by atoms with van der Waals surface area (Å²) in [6.07, 6.45) is 0. The largest absolute Gasteiger partial charge is 0.506 e. The van der Waals surface area contributed by atoms with Gasteiger partial charge in [-0.25, -0.2) is 0 Å². The molecule has 0 aromatic heterocycles. The molecule has 15 heavy (non-hydrogen) atoms. The monoisotopic (exact) mass is 273 g/mol. The lowest BCUT2D eigenvalue weighted by atomic mass is 9.97. The van der Waals surface area contributed by atoms with Crippen molar-refractivity contribution in [1.82, 2.24) is 0 Å². The van der Waals surface area contributed by atoms with E-state index in [-0.39, 0.29) is 12.4 Å². The second kappa shape index (κ2) is 4.96. The highest BCUT2D eigenvalue weighted by molar-refractivity contribution is 9.10. The van der Waals surface area contributed by atoms with Crippen LogP contribution in [0.2, 0.25) is 0 Å². The molecule has 4 N–H and O–H groups in total. The smallest absolute Gasteiger partial charge is 0.134 e. The number of aliphatic hydroxyl groups is 1. The highest BCUT2D eigenvalue weighted by Gasteiger charge is 2.15. The van der Waals surface area contributed by atoms with Crippen LogP contribution in [0.25, 0.3) is 0 Å². The van der Waals surface area contributed by atoms with Crippen LogP contribution in [-0.4, -0.2) is 16.8 Å². The zero-order valence-electron chi connectivity index (χ0n) is 8.87. The number of phenolic OH excluding ortho intramolecular Hbond substituents is 1. The fourth-order valence-electron chi connectivity index (χ4n) is 1.36. The van der Waals surface area contributed by atoms with Gasteiger partial charge in [0.25, 0.3) is 0 Å². The standard InChI is InChI=1S/C11H16BrNO2/c1-6(2)7-3-8(10(13)5-14)11(15)9(12)4-7/h3-4,6,10,14-15H,5,13H2,1-2H3. The molecular weight excluding hydrogens is 258 g/mol. The molecule has 0 saturated carbocycles. The Balaban J connectivity index is 3.25. The average molecular weight is 274 g/mol. The summed E-state index contributed by atoms with van der Waals surface area (Å²) in [6.45, 7) is 3.95. The predicted octanol–water partition coefficient (Wildman–Crippen LogP) is 2.27. The highest BCUT2D eigenvalue weighted by Crippen LogP contribution is 2.34. The van der Waals surface area contributed by atoms with Gasteiger partial charge < -0.3 is 15.9 Å². The highest BCUT2D eigenvalue weighted by atomic mass is 79.9. The van der Waals surface area contributed by atoms with E-state index in [0.29, 0.717) is 16.0 Å². The van der Waals surface area contributed by atoms with Gasteiger partial charge in [-0.3, -0.25) is 0 Å². The molecule has 1 aromatic rings. The summed E-state index contributed by atoms with van der Waals surface area (Å²) < 4.78 is 0.618. The Hall–Kier alpha value is -0.580. The molecule has 3 nitrogen and oxygen atoms in total. The van der Waals surface area contributed by atoms with Crippen molar-refractivity contribution in [2.75, 3.05) is 6.61 Å². The first kappa shape index (κ1) is 12.5. The minimum absolute atomic E-state index is 0.112. The summed E-state index contributed by atoms with van der Waals surface area (Å²) in [6, 6.07) is 3.17. The predicted molar refractivity (Wildman–Crippen MR) is 63.9 cm³/mol. The zero-order valence-corrected chi connectivity index (χ0v) is 10.5. The van der Waals surface area contributed by atoms with Crippen LogP contribution in [-0.2, 0) is 0 Å². The Morgan fingerprint density at radius 1 is 1.40 bits per heavy atom. The molecule has 4 heteroatoms. The molecule has 0 aliphatic carbocycles. The SMILES string of the molecule is CC(C)c1cc(Br)c(O)c(C(N)CO)c1. The van der Waals surface area contributed by atoms with Crippen LogP contribution in [0.3, 0.4) is 0 Å². The van der Waals surface area contributed by atoms with Gasteiger partial charge in [-0.15, -0.1) is 0 Å². The number of rotatable bonds is 3. The molecular formula is C11H16BrNO2. The lowest BCUT2D eigenvalue weighted by Crippen LogP contribution is -2.15. The number of aliphatic hydroxyl groups excluding tert-OH is 1. The number of aromatic hydroxyl groups is 1. The molecule has 84 valence electrons. The van der Waals surface area contributed by atoms with E-state index < -0.39 is 6.04 Å². The van der Waals surface area contributed by atoms with Crippen molar-refractivity contribution in [3.63, 3.8) is 0 Å². The number of phenols is 1. The van der Waals surface area contributed by atoms with Gasteiger partial charge in [-0.05, 0) is 33.5 Å². The van der Waals surface area contributed by atoms with Gasteiger partial charge in [0.15, 0.2) is 0 Å². The number of hydrogen-bond donors (Lipinski definition) is 3. The first-order chi connectivity index (χ1) is 6.97. The number of nitrogens with two attached hydrogens (primary N) is 1. The molecule has 1 atom stereocenters. The minimum Gasteiger partial charge on any atom is -0.506 e. The summed E-state index contributed by atoms with van der Waals surface area (Å²) in [5, 5.41) is 18.7. The molecule has 1 rings (SSSR count). The van der Waals surface area contributed by atoms with Gasteiger partial charge in [-0.2, -0.15) is 0 Å². The third kappa shape index (κ3) is 2.71. The van der Waals surface area contributed by atoms with E-state index >= 15 is 0 Å². The summed E-state index contributed by atoms with van der Waals surface area (Å²) in [5.74, 6) is 0.465. The van der Waals surface area contributed by atoms with E-state index in [1.165, 1.54) is 0 Å². The molecule has 0 aliphatic heterocycles. The van der Waals surface area contributed by atoms with Crippen LogP contribution >= 0.6 is 15.9 Å². The van der Waals surface area contributed by atoms with E-state index in [4.69, 9.17) is 10.8 Å². The Bertz CT molecular complexity index is 353. The van der Waals surface area contributed by atoms with Gasteiger partial charge in [0.05, 0.1) is 17.1 Å². The van der Waals surface area contributed by atoms with Crippen molar-refractivity contribution in [1.29, 1.82) is 0 Å². The third-order valence-corrected chi connectivity index (χ3v) is 2.98. The molecule has 1 unspecified atom stereocenters. The number of benzene rings is 1. The van der Waals surface area contributed by atoms with Crippen molar-refractivity contribution < 1.29 is 10.2 Å². The topological polar surface area (TPSA) is 66.5 Å². The Morgan fingerprint density at radius 3 is 2.47 bits per heavy atom. The maximum atomic E-state index is 9.77. The van der Waals surface area contributed by atoms with E-state index in [1.54, 1.807) is 0 Å². The van der Waals surface area contributed by atoms with Gasteiger partial charge in [0.2, 0.25) is 0 Å². The van der Waals surface area contributed by atoms with Crippen LogP contribution in [0, 0.1) is 0 Å². The molecule has 0 radical (unpaired) electrons. The summed E-state index contributed by atoms with van der Waals surface area (Å²) in [4.78, 5) is 0. The normalized spacial score (nSPS) is 13.2. The Morgan fingerprint density at radius 2 is 2.00 bits per heavy atom. The quantitative estimate of drug-likeness (QED) is 0.792. The molecule has 0 saturated heterocycles. The van der Waals surface area contributed by atoms with Gasteiger partial charge in [0, 0.05) is 5.56 Å². The van der Waals surface area contributed by atoms with Gasteiger partial charge >= 0.3 is 0 Å². The van der Waals surface area contributed by atoms with Crippen molar-refractivity contribution in [2.45, 2.75) is 25.8 Å². The first-order valence-corrected chi connectivity index (χ1v) is 5.65. The van der Waals surface area contributed by atoms with Gasteiger partial charge in [0.1, 0.15) is 5.75 Å². The minimum atomic E-state index is -0.542. The van der Waals surface area contributed by atoms with E-state index in [9.17, 15) is 5.11 Å². The zero-order chi connectivity index (χ0) is 11.6. The Labute approximate surface area is 98.1 Å². The first-order valence-electron chi connectivity index (χ1n) is 4.86. The molecule has 0 spiro atoms. The summed E-state index contributed by atoms with van der Waals surface area (Å²) in [7, 11) is 0. The van der Waals surface area contributed by atoms with Crippen LogP contribution in [0.15, 0.2) is 16.6 Å². The molecule has 0 amide bonds. The van der Waals surface area contributed by atoms with Crippen LogP contribution in [0.1, 0.15) is 36.9 Å². The van der Waals surface area contributed by atoms with Gasteiger partial charge in [-0.1, -0.05) is 19.9 Å². The van der Waals surface area contributed by atoms with Crippen molar-refractivity contribution in [3.05, 3.63) is 27.7 Å². The second-order valence-electron chi connectivity index (χ2n) is 3.88. The fraction of sp³-hybridized carbons (Fsp3) is 0.455. The van der Waals surface area contributed by atoms with E-state index in [0.717, 1.165) is 5.56 Å². The van der Waals surface area contributed by atoms with Crippen LogP contribution in [0.4, 0.5) is 0 Å². The third-order valence-electron chi connectivity index (χ3n) is 2.38. The molecule has 0 heterocycles. The van der Waals surface area contributed by atoms with E-state index in [1.807, 2.05) is 12.1 Å². The second-order valence-corrected chi connectivity index (χ2v) is 4.74. The van der Waals surface area contributed by atoms with Crippen molar-refractivity contribution in [2.24, 2.45) is 5.73 Å². The fourth-order valence-corrected chi connectivity index (χ4v) is 1.85. The number of halogens is 1. The molecule has 0 bridgehead atoms. The maximum absolute atomic E-state index is 9.77. The van der Waals surface area contributed by atoms with Crippen molar-refractivity contribution >= 4 is 15.9 Å². The van der Waals surface area contributed by atoms with Crippen molar-refractivity contribution in [3.8, 4) is 5.75 Å². The summed E-state index contributed by atoms with van der Waals surface area (Å²) >= 11 is 3.28.